The van der Waals surface area contributed by atoms with E-state index < -0.39 is 0 Å². The maximum absolute atomic E-state index is 4.02. The topological polar surface area (TPSA) is 0 Å². The number of rotatable bonds is 4. The fraction of sp³-hybridized carbons (Fsp3) is 0.583. The summed E-state index contributed by atoms with van der Waals surface area (Å²) < 4.78 is 0. The van der Waals surface area contributed by atoms with Crippen LogP contribution in [0.3, 0.4) is 0 Å². The molecule has 0 aliphatic heterocycles. The van der Waals surface area contributed by atoms with Gasteiger partial charge in [0.1, 0.15) is 0 Å². The Kier molecular flexibility index (Phi) is 3.76. The van der Waals surface area contributed by atoms with Crippen molar-refractivity contribution in [2.24, 2.45) is 10.8 Å². The zero-order chi connectivity index (χ0) is 9.83. The quantitative estimate of drug-likeness (QED) is 0.552. The molecule has 0 nitrogen and oxygen atoms in total. The van der Waals surface area contributed by atoms with E-state index in [-0.39, 0.29) is 10.8 Å². The van der Waals surface area contributed by atoms with Crippen LogP contribution in [0.5, 0.6) is 0 Å². The molecule has 12 heavy (non-hydrogen) atoms. The summed E-state index contributed by atoms with van der Waals surface area (Å²) in [5.74, 6) is 0. The molecule has 0 aromatic heterocycles. The molecule has 0 aliphatic carbocycles. The Labute approximate surface area is 77.4 Å². The number of hydrogen-bond donors (Lipinski definition) is 0. The Hall–Kier alpha value is -0.520. The Morgan fingerprint density at radius 3 is 1.92 bits per heavy atom. The number of allylic oxidation sites excluding steroid dienone is 3. The molecular weight excluding hydrogens is 144 g/mol. The van der Waals surface area contributed by atoms with E-state index in [1.165, 1.54) is 0 Å². The zero-order valence-electron chi connectivity index (χ0n) is 8.85. The molecular formula is C12H21. The SMILES string of the molecule is [CH2]C(C)(C)C=CC(C)(C)CC=C. The second-order valence-corrected chi connectivity index (χ2v) is 4.80. The molecule has 0 bridgehead atoms. The Morgan fingerprint density at radius 1 is 1.08 bits per heavy atom. The maximum Gasteiger partial charge on any atom is -0.0140 e. The van der Waals surface area contributed by atoms with Crippen LogP contribution in [0.25, 0.3) is 0 Å². The van der Waals surface area contributed by atoms with Gasteiger partial charge in [0.15, 0.2) is 0 Å². The fourth-order valence-electron chi connectivity index (χ4n) is 0.891. The van der Waals surface area contributed by atoms with Crippen molar-refractivity contribution in [1.29, 1.82) is 0 Å². The van der Waals surface area contributed by atoms with Crippen LogP contribution < -0.4 is 0 Å². The summed E-state index contributed by atoms with van der Waals surface area (Å²) in [5, 5.41) is 0. The molecule has 0 saturated carbocycles. The van der Waals surface area contributed by atoms with Gasteiger partial charge in [-0.05, 0) is 24.2 Å². The van der Waals surface area contributed by atoms with E-state index in [1.54, 1.807) is 0 Å². The minimum absolute atomic E-state index is 0.0401. The first kappa shape index (κ1) is 11.5. The van der Waals surface area contributed by atoms with Gasteiger partial charge >= 0.3 is 0 Å². The van der Waals surface area contributed by atoms with E-state index in [9.17, 15) is 0 Å². The van der Waals surface area contributed by atoms with Gasteiger partial charge in [-0.1, -0.05) is 45.9 Å². The lowest BCUT2D eigenvalue weighted by atomic mass is 9.85. The third-order valence-electron chi connectivity index (χ3n) is 1.66. The molecule has 1 radical (unpaired) electrons. The van der Waals surface area contributed by atoms with Crippen LogP contribution in [0.1, 0.15) is 34.1 Å². The smallest absolute Gasteiger partial charge is 0.0140 e. The van der Waals surface area contributed by atoms with Crippen LogP contribution in [0.4, 0.5) is 0 Å². The molecule has 0 heteroatoms. The van der Waals surface area contributed by atoms with Gasteiger partial charge < -0.3 is 0 Å². The predicted molar refractivity (Wildman–Crippen MR) is 56.9 cm³/mol. The normalized spacial score (nSPS) is 13.8. The van der Waals surface area contributed by atoms with Crippen LogP contribution in [-0.4, -0.2) is 0 Å². The third-order valence-corrected chi connectivity index (χ3v) is 1.66. The van der Waals surface area contributed by atoms with Crippen LogP contribution in [-0.2, 0) is 0 Å². The van der Waals surface area contributed by atoms with Crippen LogP contribution in [0, 0.1) is 17.8 Å². The van der Waals surface area contributed by atoms with Gasteiger partial charge in [0, 0.05) is 0 Å². The van der Waals surface area contributed by atoms with E-state index in [0.717, 1.165) is 6.42 Å². The standard InChI is InChI=1S/C12H21/c1-7-8-12(5,6)10-9-11(2,3)4/h7,9-10H,1-2,8H2,3-6H3. The molecule has 0 rings (SSSR count). The Morgan fingerprint density at radius 2 is 1.58 bits per heavy atom. The predicted octanol–water partition coefficient (Wildman–Crippen LogP) is 4.01. The first-order valence-corrected chi connectivity index (χ1v) is 4.43. The molecule has 0 aromatic rings. The van der Waals surface area contributed by atoms with Crippen molar-refractivity contribution in [3.63, 3.8) is 0 Å². The molecule has 0 N–H and O–H groups in total. The lowest BCUT2D eigenvalue weighted by Crippen LogP contribution is -2.08. The highest BCUT2D eigenvalue weighted by Crippen LogP contribution is 2.25. The summed E-state index contributed by atoms with van der Waals surface area (Å²) in [6.45, 7) is 16.4. The largest absolute Gasteiger partial charge is 0.103 e. The number of hydrogen-bond acceptors (Lipinski definition) is 0. The molecule has 0 aliphatic rings. The van der Waals surface area contributed by atoms with Crippen molar-refractivity contribution in [2.45, 2.75) is 34.1 Å². The summed E-state index contributed by atoms with van der Waals surface area (Å²) in [5.41, 5.74) is 0.259. The van der Waals surface area contributed by atoms with Crippen LogP contribution >= 0.6 is 0 Å². The molecule has 0 spiro atoms. The highest BCUT2D eigenvalue weighted by atomic mass is 14.2. The first-order valence-electron chi connectivity index (χ1n) is 4.43. The molecule has 69 valence electrons. The molecule has 0 fully saturated rings. The van der Waals surface area contributed by atoms with Gasteiger partial charge in [0.05, 0.1) is 0 Å². The maximum atomic E-state index is 4.02. The summed E-state index contributed by atoms with van der Waals surface area (Å²) in [4.78, 5) is 0. The van der Waals surface area contributed by atoms with Crippen molar-refractivity contribution in [3.05, 3.63) is 31.7 Å². The molecule has 0 atom stereocenters. The lowest BCUT2D eigenvalue weighted by Gasteiger charge is -2.20. The molecule has 0 heterocycles. The van der Waals surface area contributed by atoms with E-state index in [4.69, 9.17) is 0 Å². The summed E-state index contributed by atoms with van der Waals surface area (Å²) >= 11 is 0. The highest BCUT2D eigenvalue weighted by Gasteiger charge is 2.13. The molecule has 0 unspecified atom stereocenters. The average molecular weight is 165 g/mol. The zero-order valence-corrected chi connectivity index (χ0v) is 8.85. The summed E-state index contributed by atoms with van der Waals surface area (Å²) in [6.07, 6.45) is 7.36. The summed E-state index contributed by atoms with van der Waals surface area (Å²) in [6, 6.07) is 0. The lowest BCUT2D eigenvalue weighted by molar-refractivity contribution is 0.478. The van der Waals surface area contributed by atoms with Gasteiger partial charge in [0.2, 0.25) is 0 Å². The van der Waals surface area contributed by atoms with Crippen molar-refractivity contribution in [2.75, 3.05) is 0 Å². The van der Waals surface area contributed by atoms with E-state index >= 15 is 0 Å². The van der Waals surface area contributed by atoms with Gasteiger partial charge in [-0.25, -0.2) is 0 Å². The second-order valence-electron chi connectivity index (χ2n) is 4.80. The van der Waals surface area contributed by atoms with E-state index in [0.29, 0.717) is 0 Å². The van der Waals surface area contributed by atoms with Crippen LogP contribution in [0.2, 0.25) is 0 Å². The fourth-order valence-corrected chi connectivity index (χ4v) is 0.891. The van der Waals surface area contributed by atoms with E-state index in [1.807, 2.05) is 6.08 Å². The van der Waals surface area contributed by atoms with Crippen molar-refractivity contribution in [1.82, 2.24) is 0 Å². The van der Waals surface area contributed by atoms with Crippen molar-refractivity contribution >= 4 is 0 Å². The van der Waals surface area contributed by atoms with Crippen LogP contribution in [0.15, 0.2) is 24.8 Å². The molecule has 0 aromatic carbocycles. The molecule has 0 saturated heterocycles. The average Bonchev–Trinajstić information content (AvgIpc) is 1.83. The second kappa shape index (κ2) is 3.93. The Bertz CT molecular complexity index is 165. The van der Waals surface area contributed by atoms with Gasteiger partial charge in [0.25, 0.3) is 0 Å². The minimum Gasteiger partial charge on any atom is -0.103 e. The van der Waals surface area contributed by atoms with Crippen molar-refractivity contribution in [3.8, 4) is 0 Å². The Balaban J connectivity index is 4.22. The van der Waals surface area contributed by atoms with Gasteiger partial charge in [-0.2, -0.15) is 0 Å². The van der Waals surface area contributed by atoms with Gasteiger partial charge in [-0.3, -0.25) is 0 Å². The molecule has 0 amide bonds. The monoisotopic (exact) mass is 165 g/mol. The third kappa shape index (κ3) is 6.21. The van der Waals surface area contributed by atoms with Crippen molar-refractivity contribution < 1.29 is 0 Å². The minimum atomic E-state index is 0.0401. The van der Waals surface area contributed by atoms with E-state index in [2.05, 4.69) is 53.3 Å². The highest BCUT2D eigenvalue weighted by molar-refractivity contribution is 5.04. The van der Waals surface area contributed by atoms with Gasteiger partial charge in [-0.15, -0.1) is 6.58 Å². The summed E-state index contributed by atoms with van der Waals surface area (Å²) in [7, 11) is 0. The first-order chi connectivity index (χ1) is 5.27.